The molecule has 0 aliphatic heterocycles. The van der Waals surface area contributed by atoms with Crippen LogP contribution in [0.1, 0.15) is 5.56 Å². The smallest absolute Gasteiger partial charge is 0.262 e. The number of nitrogens with zero attached hydrogens (tertiary/aromatic N) is 1. The molecule has 0 aliphatic carbocycles. The Hall–Kier alpha value is -2.74. The molecule has 0 aliphatic rings. The predicted molar refractivity (Wildman–Crippen MR) is 99.6 cm³/mol. The SMILES string of the molecule is COc1ccccc1NC(=O)COc1cc(Br)c(C=NN)cc1OC. The van der Waals surface area contributed by atoms with Crippen LogP contribution in [0.25, 0.3) is 0 Å². The van der Waals surface area contributed by atoms with Gasteiger partial charge >= 0.3 is 0 Å². The molecular formula is C17H18BrN3O4. The number of amides is 1. The summed E-state index contributed by atoms with van der Waals surface area (Å²) in [6.45, 7) is -0.189. The molecule has 7 nitrogen and oxygen atoms in total. The minimum absolute atomic E-state index is 0.189. The number of nitrogens with two attached hydrogens (primary N) is 1. The monoisotopic (exact) mass is 407 g/mol. The van der Waals surface area contributed by atoms with Crippen LogP contribution in [0.5, 0.6) is 17.2 Å². The summed E-state index contributed by atoms with van der Waals surface area (Å²) in [4.78, 5) is 12.1. The molecular weight excluding hydrogens is 390 g/mol. The van der Waals surface area contributed by atoms with E-state index in [1.54, 1.807) is 30.3 Å². The van der Waals surface area contributed by atoms with Crippen molar-refractivity contribution in [1.29, 1.82) is 0 Å². The summed E-state index contributed by atoms with van der Waals surface area (Å²) in [6, 6.07) is 10.5. The van der Waals surface area contributed by atoms with Gasteiger partial charge in [-0.25, -0.2) is 0 Å². The van der Waals surface area contributed by atoms with Gasteiger partial charge in [0, 0.05) is 10.0 Å². The van der Waals surface area contributed by atoms with E-state index < -0.39 is 0 Å². The number of benzene rings is 2. The van der Waals surface area contributed by atoms with E-state index in [0.29, 0.717) is 27.4 Å². The van der Waals surface area contributed by atoms with Crippen molar-refractivity contribution in [2.75, 3.05) is 26.1 Å². The highest BCUT2D eigenvalue weighted by atomic mass is 79.9. The lowest BCUT2D eigenvalue weighted by molar-refractivity contribution is -0.118. The average molecular weight is 408 g/mol. The van der Waals surface area contributed by atoms with Gasteiger partial charge in [0.25, 0.3) is 5.91 Å². The molecule has 0 heterocycles. The van der Waals surface area contributed by atoms with E-state index in [4.69, 9.17) is 20.1 Å². The van der Waals surface area contributed by atoms with Crippen LogP contribution in [-0.2, 0) is 4.79 Å². The number of halogens is 1. The number of hydrogen-bond donors (Lipinski definition) is 2. The first-order chi connectivity index (χ1) is 12.1. The number of carbonyl (C=O) groups excluding carboxylic acids is 1. The standard InChI is InChI=1S/C17H18BrN3O4/c1-23-14-6-4-3-5-13(14)21-17(22)10-25-16-8-12(18)11(9-20-19)7-15(16)24-2/h3-9H,10,19H2,1-2H3,(H,21,22). The first-order valence-electron chi connectivity index (χ1n) is 7.25. The number of hydrogen-bond acceptors (Lipinski definition) is 6. The van der Waals surface area contributed by atoms with E-state index in [0.717, 1.165) is 5.56 Å². The highest BCUT2D eigenvalue weighted by Crippen LogP contribution is 2.33. The number of ether oxygens (including phenoxy) is 3. The van der Waals surface area contributed by atoms with E-state index in [9.17, 15) is 4.79 Å². The lowest BCUT2D eigenvalue weighted by Crippen LogP contribution is -2.20. The average Bonchev–Trinajstić information content (AvgIpc) is 2.62. The largest absolute Gasteiger partial charge is 0.495 e. The Bertz CT molecular complexity index is 780. The van der Waals surface area contributed by atoms with Crippen LogP contribution in [0.2, 0.25) is 0 Å². The van der Waals surface area contributed by atoms with Gasteiger partial charge < -0.3 is 25.4 Å². The molecule has 132 valence electrons. The van der Waals surface area contributed by atoms with E-state index in [2.05, 4.69) is 26.3 Å². The molecule has 0 fully saturated rings. The number of carbonyl (C=O) groups is 1. The van der Waals surface area contributed by atoms with Crippen molar-refractivity contribution >= 4 is 33.7 Å². The third-order valence-electron chi connectivity index (χ3n) is 3.24. The zero-order valence-corrected chi connectivity index (χ0v) is 15.4. The Morgan fingerprint density at radius 1 is 1.20 bits per heavy atom. The van der Waals surface area contributed by atoms with Gasteiger partial charge in [-0.05, 0) is 40.2 Å². The van der Waals surface area contributed by atoms with Crippen molar-refractivity contribution in [1.82, 2.24) is 0 Å². The minimum atomic E-state index is -0.324. The van der Waals surface area contributed by atoms with Gasteiger partial charge in [-0.1, -0.05) is 12.1 Å². The predicted octanol–water partition coefficient (Wildman–Crippen LogP) is 2.78. The first-order valence-corrected chi connectivity index (χ1v) is 8.04. The molecule has 2 aromatic rings. The van der Waals surface area contributed by atoms with Crippen LogP contribution in [0.3, 0.4) is 0 Å². The van der Waals surface area contributed by atoms with Crippen molar-refractivity contribution < 1.29 is 19.0 Å². The van der Waals surface area contributed by atoms with Gasteiger partial charge in [0.05, 0.1) is 26.1 Å². The number of rotatable bonds is 7. The minimum Gasteiger partial charge on any atom is -0.495 e. The number of nitrogens with one attached hydrogen (secondary N) is 1. The van der Waals surface area contributed by atoms with Crippen molar-refractivity contribution in [3.05, 3.63) is 46.4 Å². The molecule has 8 heteroatoms. The van der Waals surface area contributed by atoms with E-state index in [1.165, 1.54) is 20.4 Å². The number of para-hydroxylation sites is 2. The molecule has 1 amide bonds. The molecule has 0 spiro atoms. The Kier molecular flexibility index (Phi) is 6.64. The van der Waals surface area contributed by atoms with Gasteiger partial charge in [-0.3, -0.25) is 4.79 Å². The lowest BCUT2D eigenvalue weighted by atomic mass is 10.2. The third kappa shape index (κ3) is 4.87. The van der Waals surface area contributed by atoms with E-state index in [1.807, 2.05) is 6.07 Å². The lowest BCUT2D eigenvalue weighted by Gasteiger charge is -2.13. The summed E-state index contributed by atoms with van der Waals surface area (Å²) in [5, 5.41) is 6.22. The van der Waals surface area contributed by atoms with Crippen LogP contribution in [0.4, 0.5) is 5.69 Å². The fourth-order valence-electron chi connectivity index (χ4n) is 2.08. The summed E-state index contributed by atoms with van der Waals surface area (Å²) in [5.41, 5.74) is 1.30. The third-order valence-corrected chi connectivity index (χ3v) is 3.92. The Morgan fingerprint density at radius 3 is 2.60 bits per heavy atom. The molecule has 0 saturated carbocycles. The normalized spacial score (nSPS) is 10.5. The van der Waals surface area contributed by atoms with Crippen LogP contribution >= 0.6 is 15.9 Å². The van der Waals surface area contributed by atoms with Crippen molar-refractivity contribution in [2.24, 2.45) is 10.9 Å². The van der Waals surface area contributed by atoms with Gasteiger partial charge in [0.15, 0.2) is 18.1 Å². The molecule has 0 bridgehead atoms. The Balaban J connectivity index is 2.07. The fourth-order valence-corrected chi connectivity index (χ4v) is 2.50. The summed E-state index contributed by atoms with van der Waals surface area (Å²) in [5.74, 6) is 6.29. The van der Waals surface area contributed by atoms with Crippen LogP contribution in [0, 0.1) is 0 Å². The fraction of sp³-hybridized carbons (Fsp3) is 0.176. The van der Waals surface area contributed by atoms with Gasteiger partial charge in [-0.2, -0.15) is 5.10 Å². The zero-order valence-electron chi connectivity index (χ0n) is 13.8. The zero-order chi connectivity index (χ0) is 18.2. The maximum absolute atomic E-state index is 12.1. The molecule has 2 rings (SSSR count). The summed E-state index contributed by atoms with van der Waals surface area (Å²) in [7, 11) is 3.05. The maximum atomic E-state index is 12.1. The highest BCUT2D eigenvalue weighted by Gasteiger charge is 2.12. The molecule has 25 heavy (non-hydrogen) atoms. The number of methoxy groups -OCH3 is 2. The van der Waals surface area contributed by atoms with E-state index in [-0.39, 0.29) is 12.5 Å². The molecule has 0 radical (unpaired) electrons. The quantitative estimate of drug-likeness (QED) is 0.417. The second-order valence-corrected chi connectivity index (χ2v) is 5.69. The van der Waals surface area contributed by atoms with Gasteiger partial charge in [0.2, 0.25) is 0 Å². The van der Waals surface area contributed by atoms with Crippen LogP contribution < -0.4 is 25.4 Å². The summed E-state index contributed by atoms with van der Waals surface area (Å²) >= 11 is 3.39. The number of hydrazone groups is 1. The molecule has 3 N–H and O–H groups in total. The van der Waals surface area contributed by atoms with Crippen LogP contribution in [0.15, 0.2) is 46.0 Å². The molecule has 0 atom stereocenters. The highest BCUT2D eigenvalue weighted by molar-refractivity contribution is 9.10. The molecule has 0 aromatic heterocycles. The summed E-state index contributed by atoms with van der Waals surface area (Å²) < 4.78 is 16.7. The van der Waals surface area contributed by atoms with E-state index >= 15 is 0 Å². The second kappa shape index (κ2) is 8.93. The number of anilines is 1. The Labute approximate surface area is 153 Å². The second-order valence-electron chi connectivity index (χ2n) is 4.84. The molecule has 0 saturated heterocycles. The van der Waals surface area contributed by atoms with Gasteiger partial charge in [-0.15, -0.1) is 0 Å². The van der Waals surface area contributed by atoms with Gasteiger partial charge in [0.1, 0.15) is 5.75 Å². The van der Waals surface area contributed by atoms with Crippen molar-refractivity contribution in [3.63, 3.8) is 0 Å². The topological polar surface area (TPSA) is 95.2 Å². The molecule has 2 aromatic carbocycles. The summed E-state index contributed by atoms with van der Waals surface area (Å²) in [6.07, 6.45) is 1.48. The Morgan fingerprint density at radius 2 is 1.92 bits per heavy atom. The molecule has 0 unspecified atom stereocenters. The maximum Gasteiger partial charge on any atom is 0.262 e. The van der Waals surface area contributed by atoms with Crippen molar-refractivity contribution in [3.8, 4) is 17.2 Å². The first kappa shape index (κ1) is 18.6. The van der Waals surface area contributed by atoms with Crippen molar-refractivity contribution in [2.45, 2.75) is 0 Å². The van der Waals surface area contributed by atoms with Crippen LogP contribution in [-0.4, -0.2) is 32.9 Å².